The molecule has 5 heterocycles. The lowest BCUT2D eigenvalue weighted by Gasteiger charge is -2.32. The van der Waals surface area contributed by atoms with Gasteiger partial charge in [-0.05, 0) is 37.8 Å². The summed E-state index contributed by atoms with van der Waals surface area (Å²) < 4.78 is 5.53. The number of primary amides is 1. The molecule has 0 unspecified atom stereocenters. The van der Waals surface area contributed by atoms with Crippen LogP contribution in [0.25, 0.3) is 11.2 Å². The first-order valence-electron chi connectivity index (χ1n) is 10.3. The van der Waals surface area contributed by atoms with Crippen LogP contribution in [0.15, 0.2) is 24.5 Å². The maximum Gasteiger partial charge on any atom is 0.243 e. The van der Waals surface area contributed by atoms with E-state index in [-0.39, 0.29) is 12.7 Å². The van der Waals surface area contributed by atoms with E-state index in [1.165, 1.54) is 0 Å². The number of carbonyl (C=O) groups excluding carboxylic acids is 1. The van der Waals surface area contributed by atoms with Crippen molar-refractivity contribution in [1.82, 2.24) is 25.1 Å². The molecule has 2 aliphatic rings. The first-order valence-corrected chi connectivity index (χ1v) is 10.3. The van der Waals surface area contributed by atoms with Crippen LogP contribution < -0.4 is 15.5 Å². The Labute approximate surface area is 173 Å². The summed E-state index contributed by atoms with van der Waals surface area (Å²) in [5.74, 6) is 1.17. The van der Waals surface area contributed by atoms with E-state index < -0.39 is 5.91 Å². The second-order valence-corrected chi connectivity index (χ2v) is 7.66. The number of fused-ring (bicyclic) bond motifs is 2. The van der Waals surface area contributed by atoms with E-state index in [1.807, 2.05) is 12.3 Å². The second kappa shape index (κ2) is 7.86. The number of aryl methyl sites for hydroxylation is 1. The number of ether oxygens (including phenoxy) is 1. The molecule has 0 bridgehead atoms. The molecule has 10 nitrogen and oxygen atoms in total. The Hall–Kier alpha value is -3.27. The zero-order chi connectivity index (χ0) is 20.5. The number of rotatable bonds is 5. The molecule has 0 aliphatic carbocycles. The molecule has 0 saturated carbocycles. The Morgan fingerprint density at radius 2 is 2.13 bits per heavy atom. The first kappa shape index (κ1) is 18.7. The second-order valence-electron chi connectivity index (χ2n) is 7.66. The van der Waals surface area contributed by atoms with Gasteiger partial charge in [0.15, 0.2) is 17.0 Å². The van der Waals surface area contributed by atoms with Crippen LogP contribution in [0.2, 0.25) is 0 Å². The Morgan fingerprint density at radius 1 is 1.27 bits per heavy atom. The van der Waals surface area contributed by atoms with Gasteiger partial charge >= 0.3 is 0 Å². The lowest BCUT2D eigenvalue weighted by molar-refractivity contribution is -0.124. The number of nitrogens with two attached hydrogens (primary N) is 1. The van der Waals surface area contributed by atoms with Crippen LogP contribution in [0.3, 0.4) is 0 Å². The summed E-state index contributed by atoms with van der Waals surface area (Å²) in [7, 11) is 0. The van der Waals surface area contributed by atoms with E-state index in [1.54, 1.807) is 6.20 Å². The van der Waals surface area contributed by atoms with Gasteiger partial charge in [0, 0.05) is 25.8 Å². The van der Waals surface area contributed by atoms with Gasteiger partial charge in [-0.3, -0.25) is 14.9 Å². The Kier molecular flexibility index (Phi) is 4.91. The monoisotopic (exact) mass is 408 g/mol. The minimum atomic E-state index is -0.434. The number of anilines is 3. The number of piperidine rings is 1. The number of carbonyl (C=O) groups is 1. The fourth-order valence-electron chi connectivity index (χ4n) is 4.19. The van der Waals surface area contributed by atoms with Crippen LogP contribution in [0.1, 0.15) is 25.0 Å². The summed E-state index contributed by atoms with van der Waals surface area (Å²) >= 11 is 0. The topological polar surface area (TPSA) is 126 Å². The van der Waals surface area contributed by atoms with Crippen LogP contribution in [-0.4, -0.2) is 63.4 Å². The van der Waals surface area contributed by atoms with Crippen molar-refractivity contribution in [1.29, 1.82) is 0 Å². The van der Waals surface area contributed by atoms with Gasteiger partial charge in [0.05, 0.1) is 23.7 Å². The molecule has 30 heavy (non-hydrogen) atoms. The molecule has 0 atom stereocenters. The van der Waals surface area contributed by atoms with Crippen molar-refractivity contribution in [2.75, 3.05) is 36.0 Å². The molecule has 0 radical (unpaired) electrons. The zero-order valence-corrected chi connectivity index (χ0v) is 16.6. The summed E-state index contributed by atoms with van der Waals surface area (Å²) in [5, 5.41) is 7.57. The average molecular weight is 408 g/mol. The quantitative estimate of drug-likeness (QED) is 0.647. The largest absolute Gasteiger partial charge is 0.368 e. The van der Waals surface area contributed by atoms with Crippen molar-refractivity contribution in [3.8, 4) is 0 Å². The molecule has 3 N–H and O–H groups in total. The minimum absolute atomic E-state index is 0.0253. The number of nitrogens with one attached hydrogen (secondary N) is 1. The highest BCUT2D eigenvalue weighted by molar-refractivity contribution is 5.87. The van der Waals surface area contributed by atoms with Crippen molar-refractivity contribution in [3.05, 3.63) is 30.2 Å². The maximum absolute atomic E-state index is 10.9. The minimum Gasteiger partial charge on any atom is -0.368 e. The lowest BCUT2D eigenvalue weighted by atomic mass is 10.1. The van der Waals surface area contributed by atoms with E-state index >= 15 is 0 Å². The number of H-pyrrole nitrogens is 1. The third-order valence-electron chi connectivity index (χ3n) is 5.67. The molecule has 2 aliphatic heterocycles. The number of hydrogen-bond acceptors (Lipinski definition) is 8. The predicted octanol–water partition coefficient (Wildman–Crippen LogP) is 1.30. The maximum atomic E-state index is 10.9. The summed E-state index contributed by atoms with van der Waals surface area (Å²) in [6, 6.07) is 4.03. The van der Waals surface area contributed by atoms with E-state index in [2.05, 4.69) is 31.0 Å². The third kappa shape index (κ3) is 3.54. The van der Waals surface area contributed by atoms with Gasteiger partial charge in [-0.25, -0.2) is 9.97 Å². The Balaban J connectivity index is 1.34. The standard InChI is InChI=1S/C20H24N8O2/c21-16(29)12-30-13-5-9-27(10-6-13)17-11-23-18-19(24-17)25-26-20(18)28-8-2-3-14-15(28)4-1-7-22-14/h1,4,7,11,13H,2-3,5-6,8-10,12H2,(H2,21,29)(H,24,25,26). The van der Waals surface area contributed by atoms with Crippen LogP contribution in [0.5, 0.6) is 0 Å². The Bertz CT molecular complexity index is 1060. The van der Waals surface area contributed by atoms with E-state index in [9.17, 15) is 4.79 Å². The molecule has 10 heteroatoms. The number of aromatic nitrogens is 5. The lowest BCUT2D eigenvalue weighted by Crippen LogP contribution is -2.38. The molecule has 0 aromatic carbocycles. The molecule has 5 rings (SSSR count). The van der Waals surface area contributed by atoms with E-state index in [0.717, 1.165) is 73.9 Å². The highest BCUT2D eigenvalue weighted by Gasteiger charge is 2.25. The van der Waals surface area contributed by atoms with Crippen LogP contribution >= 0.6 is 0 Å². The molecule has 3 aromatic rings. The summed E-state index contributed by atoms with van der Waals surface area (Å²) in [6.45, 7) is 2.43. The third-order valence-corrected chi connectivity index (χ3v) is 5.67. The predicted molar refractivity (Wildman–Crippen MR) is 112 cm³/mol. The molecular weight excluding hydrogens is 384 g/mol. The number of pyridine rings is 1. The van der Waals surface area contributed by atoms with Crippen molar-refractivity contribution < 1.29 is 9.53 Å². The molecule has 0 spiro atoms. The normalized spacial score (nSPS) is 17.3. The highest BCUT2D eigenvalue weighted by Crippen LogP contribution is 2.34. The number of hydrogen-bond donors (Lipinski definition) is 2. The summed E-state index contributed by atoms with van der Waals surface area (Å²) in [4.78, 5) is 29.2. The van der Waals surface area contributed by atoms with Crippen molar-refractivity contribution in [2.45, 2.75) is 31.8 Å². The van der Waals surface area contributed by atoms with Gasteiger partial charge in [0.2, 0.25) is 5.91 Å². The molecule has 1 fully saturated rings. The van der Waals surface area contributed by atoms with Gasteiger partial charge in [-0.15, -0.1) is 0 Å². The van der Waals surface area contributed by atoms with Crippen molar-refractivity contribution in [2.24, 2.45) is 5.73 Å². The van der Waals surface area contributed by atoms with Crippen molar-refractivity contribution in [3.63, 3.8) is 0 Å². The number of amides is 1. The van der Waals surface area contributed by atoms with Crippen LogP contribution in [-0.2, 0) is 16.0 Å². The molecular formula is C20H24N8O2. The van der Waals surface area contributed by atoms with Crippen molar-refractivity contribution >= 4 is 34.4 Å². The molecule has 3 aromatic heterocycles. The van der Waals surface area contributed by atoms with Gasteiger partial charge in [-0.2, -0.15) is 5.10 Å². The molecule has 1 amide bonds. The summed E-state index contributed by atoms with van der Waals surface area (Å²) in [5.41, 5.74) is 8.76. The molecule has 156 valence electrons. The van der Waals surface area contributed by atoms with Gasteiger partial charge in [0.1, 0.15) is 12.4 Å². The van der Waals surface area contributed by atoms with Gasteiger partial charge < -0.3 is 20.3 Å². The van der Waals surface area contributed by atoms with E-state index in [0.29, 0.717) is 5.65 Å². The van der Waals surface area contributed by atoms with Crippen LogP contribution in [0, 0.1) is 0 Å². The smallest absolute Gasteiger partial charge is 0.243 e. The molecule has 1 saturated heterocycles. The number of aromatic amines is 1. The number of nitrogens with zero attached hydrogens (tertiary/aromatic N) is 6. The summed E-state index contributed by atoms with van der Waals surface area (Å²) in [6.07, 6.45) is 7.33. The van der Waals surface area contributed by atoms with Crippen LogP contribution in [0.4, 0.5) is 17.3 Å². The fraction of sp³-hybridized carbons (Fsp3) is 0.450. The van der Waals surface area contributed by atoms with Gasteiger partial charge in [-0.1, -0.05) is 0 Å². The average Bonchev–Trinajstić information content (AvgIpc) is 3.21. The van der Waals surface area contributed by atoms with E-state index in [4.69, 9.17) is 20.4 Å². The Morgan fingerprint density at radius 3 is 2.97 bits per heavy atom. The van der Waals surface area contributed by atoms with Gasteiger partial charge in [0.25, 0.3) is 0 Å². The zero-order valence-electron chi connectivity index (χ0n) is 16.6. The highest BCUT2D eigenvalue weighted by atomic mass is 16.5. The fourth-order valence-corrected chi connectivity index (χ4v) is 4.19. The first-order chi connectivity index (χ1) is 14.7. The SMILES string of the molecule is NC(=O)COC1CCN(c2cnc3c(N4CCCc5ncccc54)n[nH]c3n2)CC1.